The van der Waals surface area contributed by atoms with Gasteiger partial charge in [0.15, 0.2) is 0 Å². The van der Waals surface area contributed by atoms with Gasteiger partial charge in [-0.15, -0.1) is 6.58 Å². The van der Waals surface area contributed by atoms with E-state index < -0.39 is 0 Å². The van der Waals surface area contributed by atoms with E-state index in [-0.39, 0.29) is 22.5 Å². The zero-order valence-corrected chi connectivity index (χ0v) is 16.1. The van der Waals surface area contributed by atoms with E-state index in [1.165, 1.54) is 5.57 Å². The Morgan fingerprint density at radius 3 is 2.68 bits per heavy atom. The average Bonchev–Trinajstić information content (AvgIpc) is 3.15. The molecule has 4 rings (SSSR count). The van der Waals surface area contributed by atoms with Crippen LogP contribution in [0, 0.1) is 22.0 Å². The lowest BCUT2D eigenvalue weighted by Gasteiger charge is -2.31. The van der Waals surface area contributed by atoms with Gasteiger partial charge in [-0.1, -0.05) is 49.1 Å². The van der Waals surface area contributed by atoms with Gasteiger partial charge < -0.3 is 4.90 Å². The van der Waals surface area contributed by atoms with Crippen LogP contribution in [0.15, 0.2) is 95.6 Å². The third-order valence-electron chi connectivity index (χ3n) is 6.00. The third kappa shape index (κ3) is 3.24. The smallest absolute Gasteiger partial charge is 0.273 e. The highest BCUT2D eigenvalue weighted by atomic mass is 16.6. The molecule has 0 spiro atoms. The van der Waals surface area contributed by atoms with Crippen LogP contribution in [0.25, 0.3) is 0 Å². The van der Waals surface area contributed by atoms with Crippen molar-refractivity contribution in [1.82, 2.24) is 4.90 Å². The van der Waals surface area contributed by atoms with Crippen LogP contribution in [0.3, 0.4) is 0 Å². The number of fused-ring (bicyclic) bond motifs is 1. The first kappa shape index (κ1) is 18.5. The van der Waals surface area contributed by atoms with Gasteiger partial charge in [0.2, 0.25) is 0 Å². The molecule has 0 saturated heterocycles. The highest BCUT2D eigenvalue weighted by Gasteiger charge is 2.36. The predicted molar refractivity (Wildman–Crippen MR) is 113 cm³/mol. The molecule has 28 heavy (non-hydrogen) atoms. The highest BCUT2D eigenvalue weighted by Crippen LogP contribution is 2.45. The second kappa shape index (κ2) is 7.63. The molecule has 0 amide bonds. The molecule has 0 aromatic rings. The number of hydrogen-bond acceptors (Lipinski definition) is 3. The fourth-order valence-corrected chi connectivity index (χ4v) is 4.60. The van der Waals surface area contributed by atoms with E-state index in [2.05, 4.69) is 36.3 Å². The first-order valence-corrected chi connectivity index (χ1v) is 10.0. The monoisotopic (exact) mass is 374 g/mol. The van der Waals surface area contributed by atoms with Crippen molar-refractivity contribution in [3.05, 3.63) is 106 Å². The summed E-state index contributed by atoms with van der Waals surface area (Å²) >= 11 is 0. The van der Waals surface area contributed by atoms with E-state index in [0.717, 1.165) is 61.2 Å². The molecule has 0 fully saturated rings. The molecule has 0 bridgehead atoms. The van der Waals surface area contributed by atoms with Crippen LogP contribution in [0.2, 0.25) is 0 Å². The number of allylic oxidation sites excluding steroid dienone is 11. The molecule has 0 aromatic heterocycles. The second-order valence-electron chi connectivity index (χ2n) is 7.72. The summed E-state index contributed by atoms with van der Waals surface area (Å²) in [6.45, 7) is 9.02. The van der Waals surface area contributed by atoms with E-state index >= 15 is 0 Å². The van der Waals surface area contributed by atoms with Crippen molar-refractivity contribution in [3.8, 4) is 0 Å². The van der Waals surface area contributed by atoms with Crippen molar-refractivity contribution in [2.45, 2.75) is 32.1 Å². The maximum atomic E-state index is 11.9. The summed E-state index contributed by atoms with van der Waals surface area (Å²) in [5.74, 6) is 0.239. The van der Waals surface area contributed by atoms with E-state index in [0.29, 0.717) is 0 Å². The standard InChI is InChI=1S/C24H26N2O2/c1-3-4-8-17(2)25-14-13-18-11-7-12-21(24(18)25)22-15-19-9-5-6-10-20(19)16-23(22)26(27)28/h3,5-6,9-10,12,15-16,19-20H,1-2,4,7-8,11,13-14H2. The van der Waals surface area contributed by atoms with Crippen LogP contribution >= 0.6 is 0 Å². The minimum Gasteiger partial charge on any atom is -0.345 e. The molecule has 0 aromatic carbocycles. The Morgan fingerprint density at radius 2 is 1.96 bits per heavy atom. The molecular formula is C24H26N2O2. The number of hydrogen-bond donors (Lipinski definition) is 0. The van der Waals surface area contributed by atoms with Crippen molar-refractivity contribution < 1.29 is 4.92 Å². The van der Waals surface area contributed by atoms with E-state index in [1.807, 2.05) is 30.4 Å². The minimum atomic E-state index is -0.226. The topological polar surface area (TPSA) is 46.4 Å². The number of nitro groups is 1. The van der Waals surface area contributed by atoms with Crippen LogP contribution in [0.4, 0.5) is 0 Å². The summed E-state index contributed by atoms with van der Waals surface area (Å²) in [6.07, 6.45) is 20.9. The van der Waals surface area contributed by atoms with Gasteiger partial charge >= 0.3 is 0 Å². The molecule has 0 saturated carbocycles. The summed E-state index contributed by atoms with van der Waals surface area (Å²) in [5, 5.41) is 11.9. The summed E-state index contributed by atoms with van der Waals surface area (Å²) in [6, 6.07) is 0. The first-order valence-electron chi connectivity index (χ1n) is 10.0. The molecule has 4 aliphatic rings. The fraction of sp³-hybridized carbons (Fsp3) is 0.333. The van der Waals surface area contributed by atoms with Gasteiger partial charge in [0, 0.05) is 41.4 Å². The van der Waals surface area contributed by atoms with Gasteiger partial charge in [-0.25, -0.2) is 0 Å². The SMILES string of the molecule is C=CCCC(=C)N1CCC2=C1C(C1=CC3C=CC=CC3C=C1[N+](=O)[O-])=CCC2. The molecule has 1 heterocycles. The van der Waals surface area contributed by atoms with Crippen molar-refractivity contribution in [1.29, 1.82) is 0 Å². The largest absolute Gasteiger partial charge is 0.345 e. The van der Waals surface area contributed by atoms with Crippen molar-refractivity contribution in [2.24, 2.45) is 11.8 Å². The van der Waals surface area contributed by atoms with Gasteiger partial charge in [-0.3, -0.25) is 10.1 Å². The maximum absolute atomic E-state index is 11.9. The van der Waals surface area contributed by atoms with Gasteiger partial charge in [-0.2, -0.15) is 0 Å². The molecule has 144 valence electrons. The number of nitrogens with zero attached hydrogens (tertiary/aromatic N) is 2. The first-order chi connectivity index (χ1) is 13.6. The van der Waals surface area contributed by atoms with Crippen LogP contribution < -0.4 is 0 Å². The average molecular weight is 374 g/mol. The highest BCUT2D eigenvalue weighted by molar-refractivity contribution is 5.60. The van der Waals surface area contributed by atoms with Crippen molar-refractivity contribution in [2.75, 3.05) is 6.54 Å². The quantitative estimate of drug-likeness (QED) is 0.345. The lowest BCUT2D eigenvalue weighted by molar-refractivity contribution is -0.421. The van der Waals surface area contributed by atoms with Gasteiger partial charge in [-0.05, 0) is 37.7 Å². The fourth-order valence-electron chi connectivity index (χ4n) is 4.60. The zero-order chi connectivity index (χ0) is 19.7. The summed E-state index contributed by atoms with van der Waals surface area (Å²) < 4.78 is 0. The molecule has 3 aliphatic carbocycles. The Balaban J connectivity index is 1.72. The Bertz CT molecular complexity index is 911. The van der Waals surface area contributed by atoms with Crippen LogP contribution in [-0.4, -0.2) is 16.4 Å². The molecule has 4 nitrogen and oxygen atoms in total. The van der Waals surface area contributed by atoms with E-state index in [4.69, 9.17) is 0 Å². The molecule has 0 N–H and O–H groups in total. The molecular weight excluding hydrogens is 348 g/mol. The normalized spacial score (nSPS) is 25.6. The Labute approximate surface area is 166 Å². The van der Waals surface area contributed by atoms with Gasteiger partial charge in [0.25, 0.3) is 5.70 Å². The minimum absolute atomic E-state index is 0.0639. The van der Waals surface area contributed by atoms with Gasteiger partial charge in [0.1, 0.15) is 0 Å². The second-order valence-corrected chi connectivity index (χ2v) is 7.72. The van der Waals surface area contributed by atoms with Gasteiger partial charge in [0.05, 0.1) is 10.5 Å². The predicted octanol–water partition coefficient (Wildman–Crippen LogP) is 5.61. The Morgan fingerprint density at radius 1 is 1.21 bits per heavy atom. The molecule has 1 aliphatic heterocycles. The lowest BCUT2D eigenvalue weighted by atomic mass is 9.78. The molecule has 2 atom stereocenters. The van der Waals surface area contributed by atoms with Crippen LogP contribution in [0.5, 0.6) is 0 Å². The summed E-state index contributed by atoms with van der Waals surface area (Å²) in [5.41, 5.74) is 5.64. The van der Waals surface area contributed by atoms with E-state index in [9.17, 15) is 10.1 Å². The zero-order valence-electron chi connectivity index (χ0n) is 16.1. The lowest BCUT2D eigenvalue weighted by Crippen LogP contribution is -2.24. The Hall–Kier alpha value is -2.88. The van der Waals surface area contributed by atoms with Crippen LogP contribution in [0.1, 0.15) is 32.1 Å². The van der Waals surface area contributed by atoms with Crippen LogP contribution in [-0.2, 0) is 0 Å². The van der Waals surface area contributed by atoms with Crippen molar-refractivity contribution in [3.63, 3.8) is 0 Å². The third-order valence-corrected chi connectivity index (χ3v) is 6.00. The Kier molecular flexibility index (Phi) is 5.03. The van der Waals surface area contributed by atoms with Crippen molar-refractivity contribution >= 4 is 0 Å². The van der Waals surface area contributed by atoms with E-state index in [1.54, 1.807) is 0 Å². The summed E-state index contributed by atoms with van der Waals surface area (Å²) in [7, 11) is 0. The molecule has 0 radical (unpaired) electrons. The molecule has 4 heteroatoms. The summed E-state index contributed by atoms with van der Waals surface area (Å²) in [4.78, 5) is 14.0. The molecule has 2 unspecified atom stereocenters. The number of rotatable bonds is 6. The maximum Gasteiger partial charge on any atom is 0.273 e.